The Bertz CT molecular complexity index is 519. The fourth-order valence-corrected chi connectivity index (χ4v) is 2.26. The van der Waals surface area contributed by atoms with Crippen LogP contribution in [0.5, 0.6) is 0 Å². The van der Waals surface area contributed by atoms with Crippen LogP contribution in [0.1, 0.15) is 0 Å². The Morgan fingerprint density at radius 1 is 1.31 bits per heavy atom. The molecule has 0 atom stereocenters. The van der Waals surface area contributed by atoms with E-state index in [2.05, 4.69) is 20.9 Å². The predicted molar refractivity (Wildman–Crippen MR) is 66.9 cm³/mol. The Kier molecular flexibility index (Phi) is 3.46. The van der Waals surface area contributed by atoms with Crippen molar-refractivity contribution in [3.05, 3.63) is 46.8 Å². The zero-order valence-corrected chi connectivity index (χ0v) is 10.6. The molecule has 0 fully saturated rings. The van der Waals surface area contributed by atoms with E-state index in [0.717, 1.165) is 4.90 Å². The third kappa shape index (κ3) is 2.54. The molecule has 0 aliphatic rings. The van der Waals surface area contributed by atoms with E-state index in [-0.39, 0.29) is 5.82 Å². The largest absolute Gasteiger partial charge is 0.398 e. The number of pyridine rings is 1. The standard InChI is InChI=1S/C11H8BrFN2S/c12-7-5-8(13)11(15-6-7)16-10-4-2-1-3-9(10)14/h1-6H,14H2. The molecule has 0 unspecified atom stereocenters. The van der Waals surface area contributed by atoms with Gasteiger partial charge in [0.15, 0.2) is 5.82 Å². The Morgan fingerprint density at radius 3 is 2.75 bits per heavy atom. The normalized spacial score (nSPS) is 10.4. The van der Waals surface area contributed by atoms with E-state index in [1.54, 1.807) is 12.3 Å². The highest BCUT2D eigenvalue weighted by Crippen LogP contribution is 2.32. The van der Waals surface area contributed by atoms with Crippen molar-refractivity contribution in [3.8, 4) is 0 Å². The van der Waals surface area contributed by atoms with Crippen LogP contribution in [-0.2, 0) is 0 Å². The molecule has 0 bridgehead atoms. The molecule has 0 aliphatic heterocycles. The molecular formula is C11H8BrFN2S. The van der Waals surface area contributed by atoms with Crippen molar-refractivity contribution in [1.82, 2.24) is 4.98 Å². The summed E-state index contributed by atoms with van der Waals surface area (Å²) in [4.78, 5) is 4.80. The fourth-order valence-electron chi connectivity index (χ4n) is 1.15. The third-order valence-electron chi connectivity index (χ3n) is 1.90. The van der Waals surface area contributed by atoms with Gasteiger partial charge in [0.05, 0.1) is 0 Å². The van der Waals surface area contributed by atoms with Crippen molar-refractivity contribution >= 4 is 33.4 Å². The summed E-state index contributed by atoms with van der Waals surface area (Å²) in [6.07, 6.45) is 1.56. The number of nitrogens with zero attached hydrogens (tertiary/aromatic N) is 1. The maximum absolute atomic E-state index is 13.5. The van der Waals surface area contributed by atoms with Crippen LogP contribution in [0.4, 0.5) is 10.1 Å². The van der Waals surface area contributed by atoms with Crippen LogP contribution in [0.3, 0.4) is 0 Å². The molecule has 5 heteroatoms. The molecule has 0 radical (unpaired) electrons. The molecular weight excluding hydrogens is 291 g/mol. The monoisotopic (exact) mass is 298 g/mol. The van der Waals surface area contributed by atoms with Crippen LogP contribution in [0.2, 0.25) is 0 Å². The Morgan fingerprint density at radius 2 is 2.06 bits per heavy atom. The highest BCUT2D eigenvalue weighted by molar-refractivity contribution is 9.10. The van der Waals surface area contributed by atoms with Crippen molar-refractivity contribution in [1.29, 1.82) is 0 Å². The molecule has 0 amide bonds. The number of aromatic nitrogens is 1. The minimum absolute atomic E-state index is 0.320. The minimum atomic E-state index is -0.359. The second-order valence-corrected chi connectivity index (χ2v) is 5.03. The summed E-state index contributed by atoms with van der Waals surface area (Å²) in [6.45, 7) is 0. The summed E-state index contributed by atoms with van der Waals surface area (Å²) in [6, 6.07) is 8.69. The number of rotatable bonds is 2. The molecule has 82 valence electrons. The number of anilines is 1. The van der Waals surface area contributed by atoms with E-state index in [1.807, 2.05) is 18.2 Å². The number of hydrogen-bond donors (Lipinski definition) is 1. The van der Waals surface area contributed by atoms with E-state index in [4.69, 9.17) is 5.73 Å². The number of hydrogen-bond acceptors (Lipinski definition) is 3. The zero-order valence-electron chi connectivity index (χ0n) is 8.15. The van der Waals surface area contributed by atoms with E-state index < -0.39 is 0 Å². The number of nitrogens with two attached hydrogens (primary N) is 1. The summed E-state index contributed by atoms with van der Waals surface area (Å²) < 4.78 is 14.1. The first-order valence-corrected chi connectivity index (χ1v) is 6.11. The van der Waals surface area contributed by atoms with Crippen molar-refractivity contribution in [2.24, 2.45) is 0 Å². The third-order valence-corrected chi connectivity index (χ3v) is 3.42. The molecule has 1 aromatic heterocycles. The smallest absolute Gasteiger partial charge is 0.156 e. The van der Waals surface area contributed by atoms with Gasteiger partial charge in [-0.05, 0) is 34.1 Å². The number of benzene rings is 1. The highest BCUT2D eigenvalue weighted by atomic mass is 79.9. The summed E-state index contributed by atoms with van der Waals surface area (Å²) in [5.74, 6) is -0.359. The van der Waals surface area contributed by atoms with Crippen molar-refractivity contribution in [2.75, 3.05) is 5.73 Å². The second-order valence-electron chi connectivity index (χ2n) is 3.08. The lowest BCUT2D eigenvalue weighted by Gasteiger charge is -2.05. The SMILES string of the molecule is Nc1ccccc1Sc1ncc(Br)cc1F. The van der Waals surface area contributed by atoms with Crippen molar-refractivity contribution < 1.29 is 4.39 Å². The summed E-state index contributed by atoms with van der Waals surface area (Å²) in [5, 5.41) is 0.320. The molecule has 2 rings (SSSR count). The first kappa shape index (κ1) is 11.4. The maximum Gasteiger partial charge on any atom is 0.156 e. The minimum Gasteiger partial charge on any atom is -0.398 e. The molecule has 2 N–H and O–H groups in total. The quantitative estimate of drug-likeness (QED) is 0.859. The van der Waals surface area contributed by atoms with Crippen molar-refractivity contribution in [3.63, 3.8) is 0 Å². The fraction of sp³-hybridized carbons (Fsp3) is 0. The Balaban J connectivity index is 2.31. The van der Waals surface area contributed by atoms with Crippen LogP contribution in [0, 0.1) is 5.82 Å². The summed E-state index contributed by atoms with van der Waals surface area (Å²) in [7, 11) is 0. The van der Waals surface area contributed by atoms with Crippen LogP contribution >= 0.6 is 27.7 Å². The molecule has 0 saturated carbocycles. The van der Waals surface area contributed by atoms with E-state index in [9.17, 15) is 4.39 Å². The van der Waals surface area contributed by atoms with E-state index in [0.29, 0.717) is 15.2 Å². The van der Waals surface area contributed by atoms with Gasteiger partial charge in [-0.1, -0.05) is 23.9 Å². The number of nitrogen functional groups attached to an aromatic ring is 1. The van der Waals surface area contributed by atoms with E-state index in [1.165, 1.54) is 17.8 Å². The average molecular weight is 299 g/mol. The first-order valence-electron chi connectivity index (χ1n) is 4.50. The Labute approximate surface area is 105 Å². The lowest BCUT2D eigenvalue weighted by molar-refractivity contribution is 0.586. The topological polar surface area (TPSA) is 38.9 Å². The average Bonchev–Trinajstić information content (AvgIpc) is 2.25. The van der Waals surface area contributed by atoms with Gasteiger partial charge in [0.2, 0.25) is 0 Å². The van der Waals surface area contributed by atoms with Gasteiger partial charge in [0, 0.05) is 21.3 Å². The number of para-hydroxylation sites is 1. The molecule has 1 heterocycles. The molecule has 16 heavy (non-hydrogen) atoms. The highest BCUT2D eigenvalue weighted by Gasteiger charge is 2.08. The molecule has 2 aromatic rings. The predicted octanol–water partition coefficient (Wildman–Crippen LogP) is 3.72. The van der Waals surface area contributed by atoms with Gasteiger partial charge in [-0.2, -0.15) is 0 Å². The van der Waals surface area contributed by atoms with E-state index >= 15 is 0 Å². The molecule has 1 aromatic carbocycles. The van der Waals surface area contributed by atoms with Crippen LogP contribution in [0.25, 0.3) is 0 Å². The summed E-state index contributed by atoms with van der Waals surface area (Å²) in [5.41, 5.74) is 6.39. The van der Waals surface area contributed by atoms with Crippen LogP contribution in [-0.4, -0.2) is 4.98 Å². The van der Waals surface area contributed by atoms with Gasteiger partial charge in [0.25, 0.3) is 0 Å². The Hall–Kier alpha value is -1.07. The second kappa shape index (κ2) is 4.84. The summed E-state index contributed by atoms with van der Waals surface area (Å²) >= 11 is 4.38. The lowest BCUT2D eigenvalue weighted by Crippen LogP contribution is -1.90. The molecule has 0 aliphatic carbocycles. The van der Waals surface area contributed by atoms with Gasteiger partial charge in [-0.3, -0.25) is 0 Å². The number of halogens is 2. The van der Waals surface area contributed by atoms with Gasteiger partial charge in [-0.25, -0.2) is 9.37 Å². The zero-order chi connectivity index (χ0) is 11.5. The molecule has 0 spiro atoms. The van der Waals surface area contributed by atoms with Gasteiger partial charge in [-0.15, -0.1) is 0 Å². The van der Waals surface area contributed by atoms with Crippen molar-refractivity contribution in [2.45, 2.75) is 9.92 Å². The molecule has 0 saturated heterocycles. The van der Waals surface area contributed by atoms with Crippen LogP contribution in [0.15, 0.2) is 50.9 Å². The van der Waals surface area contributed by atoms with Gasteiger partial charge in [0.1, 0.15) is 5.03 Å². The molecule has 2 nitrogen and oxygen atoms in total. The maximum atomic E-state index is 13.5. The van der Waals surface area contributed by atoms with Gasteiger partial charge < -0.3 is 5.73 Å². The van der Waals surface area contributed by atoms with Crippen LogP contribution < -0.4 is 5.73 Å². The lowest BCUT2D eigenvalue weighted by atomic mass is 10.3. The first-order chi connectivity index (χ1) is 7.66. The van der Waals surface area contributed by atoms with Gasteiger partial charge >= 0.3 is 0 Å².